The Labute approximate surface area is 157 Å². The van der Waals surface area contributed by atoms with Gasteiger partial charge in [-0.25, -0.2) is 4.39 Å². The first kappa shape index (κ1) is 18.9. The van der Waals surface area contributed by atoms with Gasteiger partial charge >= 0.3 is 0 Å². The molecule has 0 heterocycles. The number of carbonyl (C=O) groups excluding carboxylic acids is 2. The van der Waals surface area contributed by atoms with Gasteiger partial charge in [-0.05, 0) is 42.7 Å². The largest absolute Gasteiger partial charge is 0.497 e. The molecule has 3 rings (SSSR count). The lowest BCUT2D eigenvalue weighted by Gasteiger charge is -2.17. The van der Waals surface area contributed by atoms with E-state index in [0.717, 1.165) is 11.3 Å². The molecule has 2 aromatic rings. The van der Waals surface area contributed by atoms with Crippen LogP contribution in [0.5, 0.6) is 11.5 Å². The Morgan fingerprint density at radius 2 is 1.96 bits per heavy atom. The van der Waals surface area contributed by atoms with Crippen LogP contribution in [-0.2, 0) is 11.3 Å². The smallest absolute Gasteiger partial charge is 0.261 e. The van der Waals surface area contributed by atoms with Gasteiger partial charge in [-0.3, -0.25) is 9.59 Å². The minimum absolute atomic E-state index is 0.155. The fraction of sp³-hybridized carbons (Fsp3) is 0.333. The summed E-state index contributed by atoms with van der Waals surface area (Å²) in [5.74, 6) is -0.0681. The Kier molecular flexibility index (Phi) is 5.44. The van der Waals surface area contributed by atoms with Crippen molar-refractivity contribution in [2.24, 2.45) is 0 Å². The van der Waals surface area contributed by atoms with Crippen molar-refractivity contribution in [2.75, 3.05) is 7.11 Å². The maximum Gasteiger partial charge on any atom is 0.261 e. The molecule has 0 spiro atoms. The quantitative estimate of drug-likeness (QED) is 0.843. The van der Waals surface area contributed by atoms with Gasteiger partial charge in [-0.1, -0.05) is 19.1 Å². The van der Waals surface area contributed by atoms with Crippen molar-refractivity contribution < 1.29 is 23.5 Å². The number of hydrogen-bond acceptors (Lipinski definition) is 4. The second kappa shape index (κ2) is 7.78. The van der Waals surface area contributed by atoms with Gasteiger partial charge in [0.05, 0.1) is 12.7 Å². The van der Waals surface area contributed by atoms with Crippen molar-refractivity contribution in [3.8, 4) is 11.5 Å². The lowest BCUT2D eigenvalue weighted by Crippen LogP contribution is -2.36. The summed E-state index contributed by atoms with van der Waals surface area (Å²) >= 11 is 0. The molecule has 5 nitrogen and oxygen atoms in total. The summed E-state index contributed by atoms with van der Waals surface area (Å²) in [7, 11) is 1.59. The molecule has 0 bridgehead atoms. The van der Waals surface area contributed by atoms with E-state index in [1.54, 1.807) is 14.0 Å². The second-order valence-electron chi connectivity index (χ2n) is 6.69. The number of Topliss-reactive ketones (excluding diaryl/α,β-unsaturated/α-hetero) is 1. The normalized spacial score (nSPS) is 16.6. The first-order valence-corrected chi connectivity index (χ1v) is 8.83. The molecule has 1 aliphatic carbocycles. The van der Waals surface area contributed by atoms with Crippen LogP contribution in [0.15, 0.2) is 36.4 Å². The maximum atomic E-state index is 14.1. The zero-order chi connectivity index (χ0) is 19.6. The summed E-state index contributed by atoms with van der Waals surface area (Å²) in [4.78, 5) is 24.5. The molecule has 6 heteroatoms. The number of benzene rings is 2. The average molecular weight is 371 g/mol. The molecule has 0 aromatic heterocycles. The van der Waals surface area contributed by atoms with E-state index in [1.807, 2.05) is 31.2 Å². The van der Waals surface area contributed by atoms with E-state index in [9.17, 15) is 14.0 Å². The van der Waals surface area contributed by atoms with Gasteiger partial charge in [0, 0.05) is 18.5 Å². The molecule has 1 aliphatic rings. The zero-order valence-corrected chi connectivity index (χ0v) is 15.5. The monoisotopic (exact) mass is 371 g/mol. The number of halogens is 1. The molecule has 2 aromatic carbocycles. The highest BCUT2D eigenvalue weighted by Crippen LogP contribution is 2.40. The van der Waals surface area contributed by atoms with Gasteiger partial charge in [-0.2, -0.15) is 0 Å². The standard InChI is InChI=1S/C21H22FNO4/c1-12-10-17(24)20-18(9-8-16(22)19(12)20)27-13(2)21(25)23-11-14-4-6-15(26-3)7-5-14/h4-9,12-13H,10-11H2,1-3H3,(H,23,25)/t12-,13+/m1/s1. The van der Waals surface area contributed by atoms with Crippen LogP contribution in [0.25, 0.3) is 0 Å². The number of hydrogen-bond donors (Lipinski definition) is 1. The van der Waals surface area contributed by atoms with E-state index in [0.29, 0.717) is 12.1 Å². The van der Waals surface area contributed by atoms with E-state index >= 15 is 0 Å². The van der Waals surface area contributed by atoms with Crippen molar-refractivity contribution in [1.82, 2.24) is 5.32 Å². The van der Waals surface area contributed by atoms with Crippen LogP contribution in [0.3, 0.4) is 0 Å². The van der Waals surface area contributed by atoms with E-state index in [-0.39, 0.29) is 35.3 Å². The number of rotatable bonds is 6. The fourth-order valence-electron chi connectivity index (χ4n) is 3.24. The van der Waals surface area contributed by atoms with Gasteiger partial charge in [0.1, 0.15) is 17.3 Å². The average Bonchev–Trinajstić information content (AvgIpc) is 2.97. The van der Waals surface area contributed by atoms with Crippen LogP contribution in [0.4, 0.5) is 4.39 Å². The predicted molar refractivity (Wildman–Crippen MR) is 98.7 cm³/mol. The number of amides is 1. The summed E-state index contributed by atoms with van der Waals surface area (Å²) in [6.07, 6.45) is -0.563. The van der Waals surface area contributed by atoms with Crippen LogP contribution >= 0.6 is 0 Å². The summed E-state index contributed by atoms with van der Waals surface area (Å²) in [6, 6.07) is 10.0. The highest BCUT2D eigenvalue weighted by molar-refractivity contribution is 6.03. The Morgan fingerprint density at radius 1 is 1.26 bits per heavy atom. The summed E-state index contributed by atoms with van der Waals surface area (Å²) in [6.45, 7) is 3.75. The molecule has 0 saturated carbocycles. The van der Waals surface area contributed by atoms with Gasteiger partial charge in [0.25, 0.3) is 5.91 Å². The number of nitrogens with one attached hydrogen (secondary N) is 1. The first-order chi connectivity index (χ1) is 12.9. The molecule has 0 unspecified atom stereocenters. The molecule has 2 atom stereocenters. The van der Waals surface area contributed by atoms with Crippen molar-refractivity contribution in [3.63, 3.8) is 0 Å². The highest BCUT2D eigenvalue weighted by atomic mass is 19.1. The van der Waals surface area contributed by atoms with E-state index < -0.39 is 11.9 Å². The molecule has 1 N–H and O–H groups in total. The van der Waals surface area contributed by atoms with Crippen molar-refractivity contribution >= 4 is 11.7 Å². The summed E-state index contributed by atoms with van der Waals surface area (Å²) in [5, 5.41) is 2.79. The van der Waals surface area contributed by atoms with Crippen LogP contribution in [0, 0.1) is 5.82 Å². The molecule has 0 fully saturated rings. The van der Waals surface area contributed by atoms with Crippen LogP contribution < -0.4 is 14.8 Å². The third-order valence-corrected chi connectivity index (χ3v) is 4.72. The molecule has 1 amide bonds. The van der Waals surface area contributed by atoms with Gasteiger partial charge in [-0.15, -0.1) is 0 Å². The Hall–Kier alpha value is -2.89. The SMILES string of the molecule is COc1ccc(CNC(=O)[C@H](C)Oc2ccc(F)c3c2C(=O)C[C@H]3C)cc1. The van der Waals surface area contributed by atoms with E-state index in [4.69, 9.17) is 9.47 Å². The number of methoxy groups -OCH3 is 1. The fourth-order valence-corrected chi connectivity index (χ4v) is 3.24. The molecule has 142 valence electrons. The van der Waals surface area contributed by atoms with Crippen LogP contribution in [-0.4, -0.2) is 24.9 Å². The number of carbonyl (C=O) groups is 2. The maximum absolute atomic E-state index is 14.1. The van der Waals surface area contributed by atoms with Crippen LogP contribution in [0.1, 0.15) is 47.7 Å². The molecule has 0 saturated heterocycles. The van der Waals surface area contributed by atoms with Crippen molar-refractivity contribution in [2.45, 2.75) is 38.8 Å². The van der Waals surface area contributed by atoms with Crippen molar-refractivity contribution in [3.05, 3.63) is 58.9 Å². The molecular formula is C21H22FNO4. The molecule has 27 heavy (non-hydrogen) atoms. The highest BCUT2D eigenvalue weighted by Gasteiger charge is 2.33. The molecule has 0 aliphatic heterocycles. The molecular weight excluding hydrogens is 349 g/mol. The Balaban J connectivity index is 1.66. The topological polar surface area (TPSA) is 64.6 Å². The number of ketones is 1. The van der Waals surface area contributed by atoms with E-state index in [1.165, 1.54) is 12.1 Å². The van der Waals surface area contributed by atoms with E-state index in [2.05, 4.69) is 5.32 Å². The summed E-state index contributed by atoms with van der Waals surface area (Å²) < 4.78 is 24.9. The lowest BCUT2D eigenvalue weighted by molar-refractivity contribution is -0.127. The van der Waals surface area contributed by atoms with Crippen LogP contribution in [0.2, 0.25) is 0 Å². The lowest BCUT2D eigenvalue weighted by atomic mass is 10.0. The van der Waals surface area contributed by atoms with Crippen molar-refractivity contribution in [1.29, 1.82) is 0 Å². The third-order valence-electron chi connectivity index (χ3n) is 4.72. The predicted octanol–water partition coefficient (Wildman–Crippen LogP) is 3.61. The van der Waals surface area contributed by atoms with Gasteiger partial charge < -0.3 is 14.8 Å². The van der Waals surface area contributed by atoms with Gasteiger partial charge in [0.2, 0.25) is 0 Å². The summed E-state index contributed by atoms with van der Waals surface area (Å²) in [5.41, 5.74) is 1.56. The molecule has 0 radical (unpaired) electrons. The minimum Gasteiger partial charge on any atom is -0.497 e. The van der Waals surface area contributed by atoms with Gasteiger partial charge in [0.15, 0.2) is 11.9 Å². The first-order valence-electron chi connectivity index (χ1n) is 8.83. The Morgan fingerprint density at radius 3 is 2.63 bits per heavy atom. The second-order valence-corrected chi connectivity index (χ2v) is 6.69. The number of fused-ring (bicyclic) bond motifs is 1. The third kappa shape index (κ3) is 3.94. The Bertz CT molecular complexity index is 863. The zero-order valence-electron chi connectivity index (χ0n) is 15.5. The number of ether oxygens (including phenoxy) is 2. The minimum atomic E-state index is -0.818.